The molecule has 0 amide bonds. The number of furan rings is 1. The number of halogens is 1. The smallest absolute Gasteiger partial charge is 0.379 e. The van der Waals surface area contributed by atoms with Crippen molar-refractivity contribution in [2.75, 3.05) is 0 Å². The van der Waals surface area contributed by atoms with Crippen LogP contribution in [-0.2, 0) is 0 Å². The maximum atomic E-state index is 13.1. The first-order valence-corrected chi connectivity index (χ1v) is 10.3. The number of hydrogen-bond donors (Lipinski definition) is 0. The molecule has 2 aromatic carbocycles. The molecular weight excluding hydrogens is 462 g/mol. The number of carbonyl (C=O) groups excluding carboxylic acids is 1. The minimum Gasteiger partial charge on any atom is -0.457 e. The first-order chi connectivity index (χ1) is 14.9. The Kier molecular flexibility index (Phi) is 5.81. The lowest BCUT2D eigenvalue weighted by atomic mass is 10.2. The molecule has 4 aromatic rings. The molecule has 4 rings (SSSR count). The summed E-state index contributed by atoms with van der Waals surface area (Å²) in [6.07, 6.45) is 2.87. The van der Waals surface area contributed by atoms with Crippen molar-refractivity contribution in [2.45, 2.75) is 19.8 Å². The lowest BCUT2D eigenvalue weighted by molar-refractivity contribution is 0.0701. The zero-order chi connectivity index (χ0) is 22.0. The molecule has 0 aliphatic heterocycles. The van der Waals surface area contributed by atoms with Gasteiger partial charge in [0, 0.05) is 16.0 Å². The quantitative estimate of drug-likeness (QED) is 0.229. The Balaban J connectivity index is 1.77. The number of carbonyl (C=O) groups is 1. The normalized spacial score (nSPS) is 11.5. The van der Waals surface area contributed by atoms with Crippen molar-refractivity contribution in [1.82, 2.24) is 9.66 Å². The Bertz CT molecular complexity index is 1340. The van der Waals surface area contributed by atoms with E-state index in [2.05, 4.69) is 26.0 Å². The van der Waals surface area contributed by atoms with Crippen LogP contribution in [0.15, 0.2) is 79.6 Å². The summed E-state index contributed by atoms with van der Waals surface area (Å²) in [4.78, 5) is 30.0. The van der Waals surface area contributed by atoms with E-state index in [-0.39, 0.29) is 23.0 Å². The van der Waals surface area contributed by atoms with E-state index in [0.29, 0.717) is 22.3 Å². The van der Waals surface area contributed by atoms with Crippen molar-refractivity contribution in [3.63, 3.8) is 0 Å². The first-order valence-electron chi connectivity index (χ1n) is 9.55. The van der Waals surface area contributed by atoms with E-state index in [9.17, 15) is 9.59 Å². The summed E-state index contributed by atoms with van der Waals surface area (Å²) in [6, 6.07) is 15.4. The Morgan fingerprint density at radius 1 is 1.19 bits per heavy atom. The van der Waals surface area contributed by atoms with Crippen LogP contribution in [0.3, 0.4) is 0 Å². The Hall–Kier alpha value is -3.52. The standard InChI is InChI=1S/C23H18BrN3O4/c1-14(2)21-26-18-7-4-3-6-17(18)22(28)27(21)25-13-15-12-16(24)9-10-19(15)31-23(29)20-8-5-11-30-20/h3-14H,1-2H3. The van der Waals surface area contributed by atoms with Crippen LogP contribution in [0.4, 0.5) is 0 Å². The highest BCUT2D eigenvalue weighted by Crippen LogP contribution is 2.23. The molecule has 0 saturated heterocycles. The molecule has 0 aliphatic carbocycles. The van der Waals surface area contributed by atoms with Gasteiger partial charge < -0.3 is 9.15 Å². The average Bonchev–Trinajstić information content (AvgIpc) is 3.29. The maximum absolute atomic E-state index is 13.1. The minimum atomic E-state index is -0.630. The van der Waals surface area contributed by atoms with E-state index in [1.807, 2.05) is 19.9 Å². The number of hydrogen-bond acceptors (Lipinski definition) is 6. The predicted octanol–water partition coefficient (Wildman–Crippen LogP) is 4.98. The van der Waals surface area contributed by atoms with Crippen molar-refractivity contribution in [2.24, 2.45) is 5.10 Å². The Labute approximate surface area is 186 Å². The van der Waals surface area contributed by atoms with E-state index in [4.69, 9.17) is 9.15 Å². The second-order valence-electron chi connectivity index (χ2n) is 7.05. The molecule has 2 heterocycles. The van der Waals surface area contributed by atoms with Gasteiger partial charge in [0.25, 0.3) is 5.56 Å². The number of rotatable bonds is 5. The lowest BCUT2D eigenvalue weighted by Crippen LogP contribution is -2.23. The van der Waals surface area contributed by atoms with Crippen LogP contribution in [0.1, 0.15) is 41.7 Å². The van der Waals surface area contributed by atoms with Gasteiger partial charge in [0.15, 0.2) is 0 Å². The van der Waals surface area contributed by atoms with Gasteiger partial charge in [0.1, 0.15) is 11.6 Å². The molecule has 0 radical (unpaired) electrons. The van der Waals surface area contributed by atoms with Crippen molar-refractivity contribution in [1.29, 1.82) is 0 Å². The molecule has 8 heteroatoms. The van der Waals surface area contributed by atoms with Gasteiger partial charge in [-0.2, -0.15) is 9.78 Å². The SMILES string of the molecule is CC(C)c1nc2ccccc2c(=O)n1N=Cc1cc(Br)ccc1OC(=O)c1ccco1. The van der Waals surface area contributed by atoms with Crippen LogP contribution in [0.25, 0.3) is 10.9 Å². The Morgan fingerprint density at radius 2 is 2.00 bits per heavy atom. The van der Waals surface area contributed by atoms with E-state index in [0.717, 1.165) is 4.47 Å². The van der Waals surface area contributed by atoms with E-state index < -0.39 is 5.97 Å². The molecule has 0 saturated carbocycles. The lowest BCUT2D eigenvalue weighted by Gasteiger charge is -2.12. The van der Waals surface area contributed by atoms with Gasteiger partial charge in [0.05, 0.1) is 23.4 Å². The molecule has 31 heavy (non-hydrogen) atoms. The van der Waals surface area contributed by atoms with Crippen molar-refractivity contribution >= 4 is 39.0 Å². The predicted molar refractivity (Wildman–Crippen MR) is 121 cm³/mol. The van der Waals surface area contributed by atoms with Crippen molar-refractivity contribution in [3.8, 4) is 5.75 Å². The minimum absolute atomic E-state index is 0.0341. The number of benzene rings is 2. The summed E-state index contributed by atoms with van der Waals surface area (Å²) < 4.78 is 12.6. The molecule has 0 aliphatic rings. The number of fused-ring (bicyclic) bond motifs is 1. The van der Waals surface area contributed by atoms with Crippen LogP contribution in [0.5, 0.6) is 5.75 Å². The third kappa shape index (κ3) is 4.34. The van der Waals surface area contributed by atoms with Crippen LogP contribution >= 0.6 is 15.9 Å². The van der Waals surface area contributed by atoms with Crippen LogP contribution in [-0.4, -0.2) is 21.8 Å². The molecule has 0 atom stereocenters. The summed E-state index contributed by atoms with van der Waals surface area (Å²) in [5, 5.41) is 4.88. The van der Waals surface area contributed by atoms with Gasteiger partial charge in [-0.1, -0.05) is 41.9 Å². The molecule has 2 aromatic heterocycles. The third-order valence-corrected chi connectivity index (χ3v) is 5.00. The molecule has 0 fully saturated rings. The van der Waals surface area contributed by atoms with Gasteiger partial charge in [0.2, 0.25) is 5.76 Å². The number of para-hydroxylation sites is 1. The molecule has 0 spiro atoms. The number of aromatic nitrogens is 2. The van der Waals surface area contributed by atoms with Crippen molar-refractivity contribution in [3.05, 3.63) is 92.8 Å². The molecule has 0 N–H and O–H groups in total. The van der Waals surface area contributed by atoms with E-state index >= 15 is 0 Å². The summed E-state index contributed by atoms with van der Waals surface area (Å²) in [5.41, 5.74) is 0.858. The fraction of sp³-hybridized carbons (Fsp3) is 0.130. The number of ether oxygens (including phenoxy) is 1. The molecular formula is C23H18BrN3O4. The number of esters is 1. The fourth-order valence-electron chi connectivity index (χ4n) is 3.00. The van der Waals surface area contributed by atoms with E-state index in [1.54, 1.807) is 42.5 Å². The highest BCUT2D eigenvalue weighted by atomic mass is 79.9. The van der Waals surface area contributed by atoms with Gasteiger partial charge >= 0.3 is 5.97 Å². The molecule has 156 valence electrons. The van der Waals surface area contributed by atoms with Crippen LogP contribution in [0, 0.1) is 0 Å². The summed E-state index contributed by atoms with van der Waals surface area (Å²) >= 11 is 3.41. The summed E-state index contributed by atoms with van der Waals surface area (Å²) in [5.74, 6) is 0.232. The topological polar surface area (TPSA) is 86.7 Å². The van der Waals surface area contributed by atoms with Gasteiger partial charge in [-0.15, -0.1) is 0 Å². The average molecular weight is 480 g/mol. The molecule has 0 unspecified atom stereocenters. The zero-order valence-electron chi connectivity index (χ0n) is 16.8. The third-order valence-electron chi connectivity index (χ3n) is 4.50. The fourth-order valence-corrected chi connectivity index (χ4v) is 3.38. The monoisotopic (exact) mass is 479 g/mol. The second-order valence-corrected chi connectivity index (χ2v) is 7.97. The van der Waals surface area contributed by atoms with Gasteiger partial charge in [-0.05, 0) is 42.5 Å². The van der Waals surface area contributed by atoms with Gasteiger partial charge in [-0.25, -0.2) is 9.78 Å². The van der Waals surface area contributed by atoms with Gasteiger partial charge in [-0.3, -0.25) is 4.79 Å². The van der Waals surface area contributed by atoms with Crippen molar-refractivity contribution < 1.29 is 13.9 Å². The Morgan fingerprint density at radius 3 is 2.74 bits per heavy atom. The number of nitrogens with zero attached hydrogens (tertiary/aromatic N) is 3. The molecule has 0 bridgehead atoms. The zero-order valence-corrected chi connectivity index (χ0v) is 18.4. The first kappa shape index (κ1) is 20.7. The summed E-state index contributed by atoms with van der Waals surface area (Å²) in [7, 11) is 0. The largest absolute Gasteiger partial charge is 0.457 e. The van der Waals surface area contributed by atoms with Crippen LogP contribution in [0.2, 0.25) is 0 Å². The second kappa shape index (κ2) is 8.69. The highest BCUT2D eigenvalue weighted by molar-refractivity contribution is 9.10. The summed E-state index contributed by atoms with van der Waals surface area (Å²) in [6.45, 7) is 3.89. The molecule has 7 nitrogen and oxygen atoms in total. The van der Waals surface area contributed by atoms with E-state index in [1.165, 1.54) is 23.2 Å². The van der Waals surface area contributed by atoms with Crippen LogP contribution < -0.4 is 10.3 Å². The highest BCUT2D eigenvalue weighted by Gasteiger charge is 2.15. The maximum Gasteiger partial charge on any atom is 0.379 e.